The van der Waals surface area contributed by atoms with Crippen molar-refractivity contribution in [3.63, 3.8) is 0 Å². The zero-order valence-corrected chi connectivity index (χ0v) is 36.4. The molecule has 3 unspecified atom stereocenters. The summed E-state index contributed by atoms with van der Waals surface area (Å²) in [6.45, 7) is 6.22. The monoisotopic (exact) mass is 790 g/mol. The molecule has 3 N–H and O–H groups in total. The van der Waals surface area contributed by atoms with E-state index in [1.54, 1.807) is 0 Å². The molecule has 0 aliphatic heterocycles. The van der Waals surface area contributed by atoms with Crippen LogP contribution in [0.2, 0.25) is 0 Å². The molecule has 0 aromatic carbocycles. The van der Waals surface area contributed by atoms with Crippen LogP contribution in [-0.2, 0) is 14.3 Å². The van der Waals surface area contributed by atoms with Gasteiger partial charge in [0.05, 0.1) is 25.2 Å². The van der Waals surface area contributed by atoms with Gasteiger partial charge in [-0.25, -0.2) is 0 Å². The predicted octanol–water partition coefficient (Wildman–Crippen LogP) is 13.2. The van der Waals surface area contributed by atoms with E-state index in [9.17, 15) is 19.8 Å². The summed E-state index contributed by atoms with van der Waals surface area (Å²) in [5.41, 5.74) is 0. The SMILES string of the molecule is CC/C=C/C=C/C=C\C=C/C=C/CCCC(=O)OC(CCCCC/C=C/C=C/C=C/C=C/CCCCC)CC(=O)NC(CO)C(O)CCCCCCCCCCC. The van der Waals surface area contributed by atoms with Gasteiger partial charge in [0, 0.05) is 6.42 Å². The van der Waals surface area contributed by atoms with E-state index in [-0.39, 0.29) is 31.3 Å². The van der Waals surface area contributed by atoms with E-state index >= 15 is 0 Å². The minimum atomic E-state index is -0.815. The maximum Gasteiger partial charge on any atom is 0.306 e. The van der Waals surface area contributed by atoms with Gasteiger partial charge in [-0.2, -0.15) is 0 Å². The van der Waals surface area contributed by atoms with Gasteiger partial charge < -0.3 is 20.3 Å². The van der Waals surface area contributed by atoms with Crippen LogP contribution < -0.4 is 5.32 Å². The Bertz CT molecular complexity index is 1200. The summed E-state index contributed by atoms with van der Waals surface area (Å²) in [7, 11) is 0. The van der Waals surface area contributed by atoms with Crippen molar-refractivity contribution in [3.8, 4) is 0 Å². The lowest BCUT2D eigenvalue weighted by Gasteiger charge is -2.24. The first-order chi connectivity index (χ1) is 28.0. The van der Waals surface area contributed by atoms with Crippen LogP contribution >= 0.6 is 0 Å². The Morgan fingerprint density at radius 2 is 0.947 bits per heavy atom. The number of hydrogen-bond acceptors (Lipinski definition) is 5. The second-order valence-corrected chi connectivity index (χ2v) is 14.9. The molecular weight excluding hydrogens is 707 g/mol. The summed E-state index contributed by atoms with van der Waals surface area (Å²) in [6.07, 6.45) is 58.6. The predicted molar refractivity (Wildman–Crippen MR) is 245 cm³/mol. The molecule has 1 amide bonds. The van der Waals surface area contributed by atoms with Gasteiger partial charge in [-0.3, -0.25) is 9.59 Å². The molecule has 0 fully saturated rings. The summed E-state index contributed by atoms with van der Waals surface area (Å²) in [5, 5.41) is 23.6. The largest absolute Gasteiger partial charge is 0.462 e. The minimum Gasteiger partial charge on any atom is -0.462 e. The van der Waals surface area contributed by atoms with Crippen molar-refractivity contribution in [1.29, 1.82) is 0 Å². The number of allylic oxidation sites excluding steroid dienone is 18. The van der Waals surface area contributed by atoms with Gasteiger partial charge in [-0.05, 0) is 64.2 Å². The number of amides is 1. The third-order valence-electron chi connectivity index (χ3n) is 9.56. The summed E-state index contributed by atoms with van der Waals surface area (Å²) in [6, 6.07) is -0.734. The maximum absolute atomic E-state index is 13.1. The van der Waals surface area contributed by atoms with Crippen molar-refractivity contribution in [2.75, 3.05) is 6.61 Å². The van der Waals surface area contributed by atoms with Crippen LogP contribution in [0.5, 0.6) is 0 Å². The number of aliphatic hydroxyl groups is 2. The fourth-order valence-corrected chi connectivity index (χ4v) is 6.12. The lowest BCUT2D eigenvalue weighted by Crippen LogP contribution is -2.46. The first-order valence-corrected chi connectivity index (χ1v) is 22.7. The third-order valence-corrected chi connectivity index (χ3v) is 9.56. The van der Waals surface area contributed by atoms with E-state index < -0.39 is 18.2 Å². The lowest BCUT2D eigenvalue weighted by atomic mass is 10.0. The van der Waals surface area contributed by atoms with Crippen LogP contribution in [0.4, 0.5) is 0 Å². The average Bonchev–Trinajstić information content (AvgIpc) is 3.20. The third kappa shape index (κ3) is 39.1. The van der Waals surface area contributed by atoms with Crippen molar-refractivity contribution in [2.24, 2.45) is 0 Å². The van der Waals surface area contributed by atoms with Gasteiger partial charge in [-0.15, -0.1) is 0 Å². The van der Waals surface area contributed by atoms with Gasteiger partial charge in [0.1, 0.15) is 6.10 Å². The minimum absolute atomic E-state index is 0.0153. The van der Waals surface area contributed by atoms with E-state index in [1.807, 2.05) is 72.9 Å². The molecule has 3 atom stereocenters. The molecule has 0 spiro atoms. The fraction of sp³-hybridized carbons (Fsp3) is 0.608. The smallest absolute Gasteiger partial charge is 0.306 e. The van der Waals surface area contributed by atoms with Crippen molar-refractivity contribution in [3.05, 3.63) is 109 Å². The van der Waals surface area contributed by atoms with Crippen molar-refractivity contribution < 1.29 is 24.5 Å². The normalized spacial score (nSPS) is 14.4. The Labute approximate surface area is 349 Å². The maximum atomic E-state index is 13.1. The van der Waals surface area contributed by atoms with Crippen LogP contribution in [-0.4, -0.2) is 46.9 Å². The van der Waals surface area contributed by atoms with Gasteiger partial charge in [0.2, 0.25) is 5.91 Å². The quantitative estimate of drug-likeness (QED) is 0.0329. The molecule has 6 nitrogen and oxygen atoms in total. The highest BCUT2D eigenvalue weighted by Gasteiger charge is 2.24. The van der Waals surface area contributed by atoms with E-state index in [0.717, 1.165) is 64.2 Å². The number of carbonyl (C=O) groups is 2. The van der Waals surface area contributed by atoms with Gasteiger partial charge >= 0.3 is 5.97 Å². The number of unbranched alkanes of at least 4 members (excludes halogenated alkanes) is 15. The van der Waals surface area contributed by atoms with Crippen LogP contribution in [0, 0.1) is 0 Å². The Kier molecular flexibility index (Phi) is 41.0. The van der Waals surface area contributed by atoms with Crippen LogP contribution in [0.1, 0.15) is 175 Å². The van der Waals surface area contributed by atoms with Gasteiger partial charge in [0.25, 0.3) is 0 Å². The number of carbonyl (C=O) groups excluding carboxylic acids is 2. The molecule has 0 saturated carbocycles. The molecular formula is C51H83NO5. The van der Waals surface area contributed by atoms with Crippen LogP contribution in [0.25, 0.3) is 0 Å². The molecule has 0 aliphatic carbocycles. The van der Waals surface area contributed by atoms with E-state index in [2.05, 4.69) is 62.5 Å². The molecule has 322 valence electrons. The highest BCUT2D eigenvalue weighted by molar-refractivity contribution is 5.77. The van der Waals surface area contributed by atoms with Gasteiger partial charge in [-0.1, -0.05) is 207 Å². The molecule has 0 radical (unpaired) electrons. The van der Waals surface area contributed by atoms with Crippen LogP contribution in [0.15, 0.2) is 109 Å². The second kappa shape index (κ2) is 43.6. The first-order valence-electron chi connectivity index (χ1n) is 22.7. The summed E-state index contributed by atoms with van der Waals surface area (Å²) in [4.78, 5) is 26.0. The molecule has 0 rings (SSSR count). The molecule has 0 aliphatic rings. The van der Waals surface area contributed by atoms with Crippen molar-refractivity contribution in [2.45, 2.75) is 193 Å². The highest BCUT2D eigenvalue weighted by atomic mass is 16.5. The van der Waals surface area contributed by atoms with Crippen molar-refractivity contribution in [1.82, 2.24) is 5.32 Å². The van der Waals surface area contributed by atoms with Crippen molar-refractivity contribution >= 4 is 11.9 Å². The number of hydrogen-bond donors (Lipinski definition) is 3. The fourth-order valence-electron chi connectivity index (χ4n) is 6.12. The molecule has 0 aromatic rings. The number of ether oxygens (including phenoxy) is 1. The molecule has 0 saturated heterocycles. The Morgan fingerprint density at radius 3 is 1.47 bits per heavy atom. The Morgan fingerprint density at radius 1 is 0.526 bits per heavy atom. The number of aliphatic hydroxyl groups excluding tert-OH is 2. The van der Waals surface area contributed by atoms with E-state index in [1.165, 1.54) is 57.8 Å². The Hall–Kier alpha value is -3.48. The van der Waals surface area contributed by atoms with E-state index in [4.69, 9.17) is 4.74 Å². The number of esters is 1. The molecule has 0 aromatic heterocycles. The summed E-state index contributed by atoms with van der Waals surface area (Å²) >= 11 is 0. The summed E-state index contributed by atoms with van der Waals surface area (Å²) < 4.78 is 5.84. The topological polar surface area (TPSA) is 95.9 Å². The number of nitrogens with one attached hydrogen (secondary N) is 1. The van der Waals surface area contributed by atoms with E-state index in [0.29, 0.717) is 19.3 Å². The van der Waals surface area contributed by atoms with Crippen LogP contribution in [0.3, 0.4) is 0 Å². The standard InChI is InChI=1S/C51H83NO5/c1-4-7-10-13-16-19-21-23-24-25-27-28-31-33-36-39-42-47(57-51(56)44-41-38-35-32-29-26-22-20-17-14-11-8-5-2)45-50(55)52-48(46-53)49(54)43-40-37-34-30-18-15-12-9-6-3/h8,11,14,16-17,19-29,32,35,47-49,53-54H,4-7,9-10,12-13,15,18,30-31,33-34,36-46H2,1-3H3,(H,52,55)/b11-8+,17-14+,19-16+,22-20-,23-21+,25-24+,28-27+,29-26-,35-32+. The van der Waals surface area contributed by atoms with Gasteiger partial charge in [0.15, 0.2) is 0 Å². The summed E-state index contributed by atoms with van der Waals surface area (Å²) in [5.74, 6) is -0.617. The first kappa shape index (κ1) is 53.5. The highest BCUT2D eigenvalue weighted by Crippen LogP contribution is 2.16. The zero-order chi connectivity index (χ0) is 41.7. The second-order valence-electron chi connectivity index (χ2n) is 14.9. The molecule has 57 heavy (non-hydrogen) atoms. The molecule has 6 heteroatoms. The number of rotatable bonds is 38. The lowest BCUT2D eigenvalue weighted by molar-refractivity contribution is -0.151. The average molecular weight is 790 g/mol. The molecule has 0 heterocycles. The molecule has 0 bridgehead atoms. The Balaban J connectivity index is 4.87. The zero-order valence-electron chi connectivity index (χ0n) is 36.4.